The summed E-state index contributed by atoms with van der Waals surface area (Å²) in [5, 5.41) is 9.68. The minimum Gasteiger partial charge on any atom is -0.496 e. The van der Waals surface area contributed by atoms with Crippen LogP contribution >= 0.6 is 0 Å². The molecule has 5 heteroatoms. The van der Waals surface area contributed by atoms with E-state index in [4.69, 9.17) is 9.47 Å². The Kier molecular flexibility index (Phi) is 4.83. The molecular weight excluding hydrogens is 275 g/mol. The van der Waals surface area contributed by atoms with Gasteiger partial charge in [-0.05, 0) is 18.9 Å². The molecule has 1 saturated carbocycles. The van der Waals surface area contributed by atoms with Crippen LogP contribution in [-0.2, 0) is 21.6 Å². The lowest BCUT2D eigenvalue weighted by Gasteiger charge is -2.34. The molecule has 0 heterocycles. The van der Waals surface area contributed by atoms with Crippen molar-refractivity contribution in [2.75, 3.05) is 14.2 Å². The third-order valence-corrected chi connectivity index (χ3v) is 4.34. The van der Waals surface area contributed by atoms with Crippen LogP contribution in [0.2, 0.25) is 0 Å². The largest absolute Gasteiger partial charge is 0.496 e. The van der Waals surface area contributed by atoms with E-state index in [9.17, 15) is 14.3 Å². The number of methoxy groups -OCH3 is 2. The predicted molar refractivity (Wildman–Crippen MR) is 76.1 cm³/mol. The fourth-order valence-electron chi connectivity index (χ4n) is 3.20. The van der Waals surface area contributed by atoms with Crippen molar-refractivity contribution in [2.45, 2.75) is 44.1 Å². The van der Waals surface area contributed by atoms with Gasteiger partial charge in [-0.2, -0.15) is 0 Å². The summed E-state index contributed by atoms with van der Waals surface area (Å²) in [4.78, 5) is 11.8. The lowest BCUT2D eigenvalue weighted by molar-refractivity contribution is -0.145. The second kappa shape index (κ2) is 6.43. The molecule has 0 saturated heterocycles. The van der Waals surface area contributed by atoms with Gasteiger partial charge in [0.1, 0.15) is 11.6 Å². The molecule has 0 aliphatic heterocycles. The van der Waals surface area contributed by atoms with Gasteiger partial charge >= 0.3 is 5.97 Å². The molecule has 1 fully saturated rings. The Bertz CT molecular complexity index is 521. The summed E-state index contributed by atoms with van der Waals surface area (Å²) in [7, 11) is 2.93. The zero-order valence-electron chi connectivity index (χ0n) is 12.4. The Balaban J connectivity index is 2.56. The maximum atomic E-state index is 14.9. The quantitative estimate of drug-likeness (QED) is 0.906. The SMILES string of the molecule is COCc1c(OC)ccc(C2(C(=O)O)CCCCC2)c1F. The van der Waals surface area contributed by atoms with Gasteiger partial charge in [0.25, 0.3) is 0 Å². The molecule has 21 heavy (non-hydrogen) atoms. The summed E-state index contributed by atoms with van der Waals surface area (Å²) >= 11 is 0. The molecule has 1 aromatic rings. The number of carbonyl (C=O) groups is 1. The van der Waals surface area contributed by atoms with E-state index in [-0.39, 0.29) is 17.7 Å². The standard InChI is InChI=1S/C16H21FO4/c1-20-10-11-13(21-2)7-6-12(14(11)17)16(15(18)19)8-4-3-5-9-16/h6-7H,3-5,8-10H2,1-2H3,(H,18,19). The highest BCUT2D eigenvalue weighted by molar-refractivity contribution is 5.82. The highest BCUT2D eigenvalue weighted by Gasteiger charge is 2.43. The van der Waals surface area contributed by atoms with Gasteiger partial charge in [-0.25, -0.2) is 4.39 Å². The first-order valence-electron chi connectivity index (χ1n) is 7.15. The average Bonchev–Trinajstić information content (AvgIpc) is 2.50. The van der Waals surface area contributed by atoms with Gasteiger partial charge in [0.05, 0.1) is 24.7 Å². The lowest BCUT2D eigenvalue weighted by atomic mass is 9.69. The second-order valence-corrected chi connectivity index (χ2v) is 5.49. The molecule has 0 aromatic heterocycles. The van der Waals surface area contributed by atoms with Crippen molar-refractivity contribution in [3.8, 4) is 5.75 Å². The van der Waals surface area contributed by atoms with Crippen molar-refractivity contribution < 1.29 is 23.8 Å². The van der Waals surface area contributed by atoms with Crippen LogP contribution in [0.15, 0.2) is 12.1 Å². The van der Waals surface area contributed by atoms with Crippen LogP contribution in [0.4, 0.5) is 4.39 Å². The van der Waals surface area contributed by atoms with Gasteiger partial charge in [-0.3, -0.25) is 4.79 Å². The molecule has 0 bridgehead atoms. The van der Waals surface area contributed by atoms with Crippen LogP contribution in [0, 0.1) is 5.82 Å². The minimum atomic E-state index is -1.13. The van der Waals surface area contributed by atoms with Gasteiger partial charge in [-0.1, -0.05) is 25.3 Å². The molecule has 2 rings (SSSR count). The van der Waals surface area contributed by atoms with E-state index in [0.717, 1.165) is 19.3 Å². The van der Waals surface area contributed by atoms with E-state index in [2.05, 4.69) is 0 Å². The van der Waals surface area contributed by atoms with Gasteiger partial charge in [0.2, 0.25) is 0 Å². The van der Waals surface area contributed by atoms with E-state index in [0.29, 0.717) is 18.6 Å². The average molecular weight is 296 g/mol. The fourth-order valence-corrected chi connectivity index (χ4v) is 3.20. The molecular formula is C16H21FO4. The third-order valence-electron chi connectivity index (χ3n) is 4.34. The van der Waals surface area contributed by atoms with Crippen LogP contribution in [0.3, 0.4) is 0 Å². The summed E-state index contributed by atoms with van der Waals surface area (Å²) in [5.74, 6) is -1.08. The van der Waals surface area contributed by atoms with Crippen molar-refractivity contribution in [2.24, 2.45) is 0 Å². The van der Waals surface area contributed by atoms with Gasteiger partial charge < -0.3 is 14.6 Å². The minimum absolute atomic E-state index is 0.0541. The van der Waals surface area contributed by atoms with Crippen molar-refractivity contribution in [1.82, 2.24) is 0 Å². The topological polar surface area (TPSA) is 55.8 Å². The molecule has 0 unspecified atom stereocenters. The van der Waals surface area contributed by atoms with Crippen LogP contribution in [0.5, 0.6) is 5.75 Å². The molecule has 0 spiro atoms. The smallest absolute Gasteiger partial charge is 0.314 e. The maximum absolute atomic E-state index is 14.9. The van der Waals surface area contributed by atoms with Crippen molar-refractivity contribution in [3.05, 3.63) is 29.1 Å². The van der Waals surface area contributed by atoms with E-state index in [1.54, 1.807) is 12.1 Å². The maximum Gasteiger partial charge on any atom is 0.314 e. The predicted octanol–water partition coefficient (Wildman–Crippen LogP) is 3.27. The van der Waals surface area contributed by atoms with E-state index in [1.165, 1.54) is 14.2 Å². The summed E-state index contributed by atoms with van der Waals surface area (Å²) < 4.78 is 25.0. The Morgan fingerprint density at radius 3 is 2.48 bits per heavy atom. The second-order valence-electron chi connectivity index (χ2n) is 5.49. The van der Waals surface area contributed by atoms with E-state index < -0.39 is 17.2 Å². The van der Waals surface area contributed by atoms with E-state index >= 15 is 0 Å². The molecule has 1 aromatic carbocycles. The molecule has 116 valence electrons. The Morgan fingerprint density at radius 1 is 1.29 bits per heavy atom. The Morgan fingerprint density at radius 2 is 1.95 bits per heavy atom. The number of aliphatic carboxylic acids is 1. The molecule has 0 radical (unpaired) electrons. The van der Waals surface area contributed by atoms with Crippen LogP contribution in [0.25, 0.3) is 0 Å². The van der Waals surface area contributed by atoms with Crippen LogP contribution in [-0.4, -0.2) is 25.3 Å². The number of halogens is 1. The van der Waals surface area contributed by atoms with Gasteiger partial charge in [0.15, 0.2) is 0 Å². The summed E-state index contributed by atoms with van der Waals surface area (Å²) in [6.07, 6.45) is 3.54. The zero-order chi connectivity index (χ0) is 15.5. The van der Waals surface area contributed by atoms with Crippen LogP contribution in [0.1, 0.15) is 43.2 Å². The normalized spacial score (nSPS) is 17.5. The molecule has 0 amide bonds. The molecule has 1 aliphatic carbocycles. The number of ether oxygens (including phenoxy) is 2. The van der Waals surface area contributed by atoms with E-state index in [1.807, 2.05) is 0 Å². The number of carboxylic acids is 1. The van der Waals surface area contributed by atoms with Crippen molar-refractivity contribution in [1.29, 1.82) is 0 Å². The first kappa shape index (κ1) is 15.8. The Hall–Kier alpha value is -1.62. The van der Waals surface area contributed by atoms with Gasteiger partial charge in [-0.15, -0.1) is 0 Å². The summed E-state index contributed by atoms with van der Waals surface area (Å²) in [5.41, 5.74) is -0.594. The van der Waals surface area contributed by atoms with Gasteiger partial charge in [0, 0.05) is 12.7 Å². The number of benzene rings is 1. The monoisotopic (exact) mass is 296 g/mol. The Labute approximate surface area is 123 Å². The third kappa shape index (κ3) is 2.75. The zero-order valence-corrected chi connectivity index (χ0v) is 12.4. The lowest BCUT2D eigenvalue weighted by Crippen LogP contribution is -2.39. The number of carboxylic acid groups (broad SMARTS) is 1. The molecule has 0 atom stereocenters. The molecule has 4 nitrogen and oxygen atoms in total. The summed E-state index contributed by atoms with van der Waals surface area (Å²) in [6, 6.07) is 3.18. The number of hydrogen-bond acceptors (Lipinski definition) is 3. The highest BCUT2D eigenvalue weighted by atomic mass is 19.1. The van der Waals surface area contributed by atoms with Crippen molar-refractivity contribution in [3.63, 3.8) is 0 Å². The number of hydrogen-bond donors (Lipinski definition) is 1. The highest BCUT2D eigenvalue weighted by Crippen LogP contribution is 2.42. The van der Waals surface area contributed by atoms with Crippen molar-refractivity contribution >= 4 is 5.97 Å². The first-order chi connectivity index (χ1) is 10.1. The molecule has 1 N–H and O–H groups in total. The first-order valence-corrected chi connectivity index (χ1v) is 7.15. The summed E-state index contributed by atoms with van der Waals surface area (Å²) in [6.45, 7) is 0.0541. The number of rotatable bonds is 5. The van der Waals surface area contributed by atoms with Crippen LogP contribution < -0.4 is 4.74 Å². The molecule has 1 aliphatic rings. The fraction of sp³-hybridized carbons (Fsp3) is 0.562.